The monoisotopic (exact) mass is 183 g/mol. The first-order chi connectivity index (χ1) is 5.75. The van der Waals surface area contributed by atoms with Crippen molar-refractivity contribution in [1.29, 1.82) is 0 Å². The number of hydrogen-bond donors (Lipinski definition) is 1. The van der Waals surface area contributed by atoms with E-state index in [1.807, 2.05) is 11.3 Å². The molecule has 68 valence electrons. The van der Waals surface area contributed by atoms with E-state index in [2.05, 4.69) is 25.3 Å². The van der Waals surface area contributed by atoms with E-state index in [9.17, 15) is 0 Å². The normalized spacial score (nSPS) is 13.2. The van der Waals surface area contributed by atoms with Gasteiger partial charge in [-0.2, -0.15) is 0 Å². The zero-order valence-corrected chi connectivity index (χ0v) is 8.66. The maximum Gasteiger partial charge on any atom is 0.0103 e. The van der Waals surface area contributed by atoms with Crippen molar-refractivity contribution in [1.82, 2.24) is 0 Å². The molecule has 0 saturated carbocycles. The van der Waals surface area contributed by atoms with Crippen molar-refractivity contribution in [2.75, 3.05) is 6.54 Å². The summed E-state index contributed by atoms with van der Waals surface area (Å²) in [6.07, 6.45) is 2.36. The Hall–Kier alpha value is -0.340. The Balaban J connectivity index is 2.52. The molecule has 0 radical (unpaired) electrons. The van der Waals surface area contributed by atoms with Crippen LogP contribution in [0.15, 0.2) is 11.4 Å². The Morgan fingerprint density at radius 2 is 2.33 bits per heavy atom. The van der Waals surface area contributed by atoms with Gasteiger partial charge in [0.15, 0.2) is 0 Å². The molecule has 1 nitrogen and oxygen atoms in total. The first kappa shape index (κ1) is 9.75. The molecule has 0 aliphatic heterocycles. The van der Waals surface area contributed by atoms with Gasteiger partial charge in [0.1, 0.15) is 0 Å². The highest BCUT2D eigenvalue weighted by molar-refractivity contribution is 7.10. The topological polar surface area (TPSA) is 26.0 Å². The number of aryl methyl sites for hydroxylation is 1. The van der Waals surface area contributed by atoms with E-state index in [1.165, 1.54) is 16.9 Å². The van der Waals surface area contributed by atoms with Crippen molar-refractivity contribution in [2.24, 2.45) is 5.73 Å². The summed E-state index contributed by atoms with van der Waals surface area (Å²) >= 11 is 1.87. The average Bonchev–Trinajstić information content (AvgIpc) is 2.47. The molecule has 1 aromatic rings. The third-order valence-corrected chi connectivity index (χ3v) is 3.44. The highest BCUT2D eigenvalue weighted by atomic mass is 32.1. The predicted octanol–water partition coefficient (Wildman–Crippen LogP) is 2.90. The first-order valence-electron chi connectivity index (χ1n) is 4.49. The lowest BCUT2D eigenvalue weighted by atomic mass is 10.0. The standard InChI is InChI=1S/C10H17NS/c1-8(4-3-6-11)10-9(2)5-7-12-10/h5,7-8H,3-4,6,11H2,1-2H3. The molecule has 1 aromatic heterocycles. The molecule has 0 aliphatic carbocycles. The molecule has 12 heavy (non-hydrogen) atoms. The summed E-state index contributed by atoms with van der Waals surface area (Å²) in [6, 6.07) is 2.19. The van der Waals surface area contributed by atoms with Crippen LogP contribution in [0, 0.1) is 6.92 Å². The minimum Gasteiger partial charge on any atom is -0.330 e. The summed E-state index contributed by atoms with van der Waals surface area (Å²) in [5, 5.41) is 2.17. The van der Waals surface area contributed by atoms with Gasteiger partial charge >= 0.3 is 0 Å². The van der Waals surface area contributed by atoms with Crippen molar-refractivity contribution in [3.63, 3.8) is 0 Å². The lowest BCUT2D eigenvalue weighted by Gasteiger charge is -2.09. The van der Waals surface area contributed by atoms with Gasteiger partial charge in [-0.15, -0.1) is 11.3 Å². The smallest absolute Gasteiger partial charge is 0.0103 e. The number of rotatable bonds is 4. The molecule has 0 spiro atoms. The Morgan fingerprint density at radius 3 is 2.83 bits per heavy atom. The van der Waals surface area contributed by atoms with Gasteiger partial charge in [0, 0.05) is 4.88 Å². The fourth-order valence-electron chi connectivity index (χ4n) is 1.44. The quantitative estimate of drug-likeness (QED) is 0.763. The summed E-state index contributed by atoms with van der Waals surface area (Å²) in [4.78, 5) is 1.53. The lowest BCUT2D eigenvalue weighted by molar-refractivity contribution is 0.647. The molecule has 0 amide bonds. The largest absolute Gasteiger partial charge is 0.330 e. The van der Waals surface area contributed by atoms with Crippen molar-refractivity contribution < 1.29 is 0 Å². The summed E-state index contributed by atoms with van der Waals surface area (Å²) in [5.74, 6) is 0.688. The number of nitrogens with two attached hydrogens (primary N) is 1. The molecule has 1 atom stereocenters. The van der Waals surface area contributed by atoms with E-state index in [0.29, 0.717) is 5.92 Å². The van der Waals surface area contributed by atoms with Gasteiger partial charge in [0.05, 0.1) is 0 Å². The maximum absolute atomic E-state index is 5.47. The highest BCUT2D eigenvalue weighted by Gasteiger charge is 2.08. The van der Waals surface area contributed by atoms with Gasteiger partial charge in [0.2, 0.25) is 0 Å². The molecule has 0 aliphatic rings. The van der Waals surface area contributed by atoms with Crippen molar-refractivity contribution in [2.45, 2.75) is 32.6 Å². The van der Waals surface area contributed by atoms with Crippen LogP contribution in [-0.4, -0.2) is 6.54 Å². The van der Waals surface area contributed by atoms with Crippen LogP contribution in [0.3, 0.4) is 0 Å². The second-order valence-electron chi connectivity index (χ2n) is 3.30. The van der Waals surface area contributed by atoms with E-state index < -0.39 is 0 Å². The van der Waals surface area contributed by atoms with Crippen molar-refractivity contribution in [3.8, 4) is 0 Å². The van der Waals surface area contributed by atoms with Gasteiger partial charge in [0.25, 0.3) is 0 Å². The van der Waals surface area contributed by atoms with Crippen molar-refractivity contribution >= 4 is 11.3 Å². The Bertz CT molecular complexity index is 229. The van der Waals surface area contributed by atoms with Gasteiger partial charge < -0.3 is 5.73 Å². The first-order valence-corrected chi connectivity index (χ1v) is 5.37. The van der Waals surface area contributed by atoms with E-state index in [0.717, 1.165) is 13.0 Å². The maximum atomic E-state index is 5.47. The van der Waals surface area contributed by atoms with Crippen LogP contribution in [0.5, 0.6) is 0 Å². The van der Waals surface area contributed by atoms with Gasteiger partial charge in [-0.3, -0.25) is 0 Å². The Morgan fingerprint density at radius 1 is 1.58 bits per heavy atom. The lowest BCUT2D eigenvalue weighted by Crippen LogP contribution is -2.01. The van der Waals surface area contributed by atoms with E-state index in [1.54, 1.807) is 0 Å². The highest BCUT2D eigenvalue weighted by Crippen LogP contribution is 2.28. The fourth-order valence-corrected chi connectivity index (χ4v) is 2.47. The molecule has 0 aromatic carbocycles. The van der Waals surface area contributed by atoms with E-state index >= 15 is 0 Å². The van der Waals surface area contributed by atoms with Crippen LogP contribution in [-0.2, 0) is 0 Å². The molecule has 2 N–H and O–H groups in total. The number of thiophene rings is 1. The minimum absolute atomic E-state index is 0.688. The predicted molar refractivity (Wildman–Crippen MR) is 55.8 cm³/mol. The molecule has 1 heterocycles. The molecule has 1 rings (SSSR count). The summed E-state index contributed by atoms with van der Waals surface area (Å²) in [7, 11) is 0. The van der Waals surface area contributed by atoms with Crippen LogP contribution < -0.4 is 5.73 Å². The zero-order valence-electron chi connectivity index (χ0n) is 7.84. The zero-order chi connectivity index (χ0) is 8.97. The summed E-state index contributed by atoms with van der Waals surface area (Å²) < 4.78 is 0. The van der Waals surface area contributed by atoms with Crippen LogP contribution in [0.4, 0.5) is 0 Å². The Labute approximate surface area is 78.6 Å². The SMILES string of the molecule is Cc1ccsc1C(C)CCCN. The van der Waals surface area contributed by atoms with Crippen LogP contribution in [0.25, 0.3) is 0 Å². The molecule has 2 heteroatoms. The van der Waals surface area contributed by atoms with Gasteiger partial charge in [-0.05, 0) is 49.2 Å². The second kappa shape index (κ2) is 4.63. The molecule has 1 unspecified atom stereocenters. The van der Waals surface area contributed by atoms with Crippen LogP contribution >= 0.6 is 11.3 Å². The second-order valence-corrected chi connectivity index (χ2v) is 4.25. The molecular formula is C10H17NS. The Kier molecular flexibility index (Phi) is 3.76. The van der Waals surface area contributed by atoms with Crippen LogP contribution in [0.1, 0.15) is 36.1 Å². The van der Waals surface area contributed by atoms with Crippen LogP contribution in [0.2, 0.25) is 0 Å². The minimum atomic E-state index is 0.688. The van der Waals surface area contributed by atoms with Gasteiger partial charge in [-0.1, -0.05) is 6.92 Å². The third kappa shape index (κ3) is 2.32. The van der Waals surface area contributed by atoms with Crippen molar-refractivity contribution in [3.05, 3.63) is 21.9 Å². The van der Waals surface area contributed by atoms with Gasteiger partial charge in [-0.25, -0.2) is 0 Å². The average molecular weight is 183 g/mol. The van der Waals surface area contributed by atoms with E-state index in [-0.39, 0.29) is 0 Å². The third-order valence-electron chi connectivity index (χ3n) is 2.19. The summed E-state index contributed by atoms with van der Waals surface area (Å²) in [6.45, 7) is 5.29. The molecule has 0 fully saturated rings. The fraction of sp³-hybridized carbons (Fsp3) is 0.600. The summed E-state index contributed by atoms with van der Waals surface area (Å²) in [5.41, 5.74) is 6.91. The number of hydrogen-bond acceptors (Lipinski definition) is 2. The molecular weight excluding hydrogens is 166 g/mol. The van der Waals surface area contributed by atoms with E-state index in [4.69, 9.17) is 5.73 Å². The molecule has 0 saturated heterocycles. The molecule has 0 bridgehead atoms.